The summed E-state index contributed by atoms with van der Waals surface area (Å²) in [5.41, 5.74) is 1.02. The van der Waals surface area contributed by atoms with Crippen LogP contribution in [0.3, 0.4) is 0 Å². The largest absolute Gasteiger partial charge is 0.363 e. The van der Waals surface area contributed by atoms with Crippen molar-refractivity contribution in [2.24, 2.45) is 0 Å². The van der Waals surface area contributed by atoms with Crippen molar-refractivity contribution >= 4 is 11.7 Å². The first kappa shape index (κ1) is 14.5. The van der Waals surface area contributed by atoms with Crippen molar-refractivity contribution in [1.82, 2.24) is 15.3 Å². The Morgan fingerprint density at radius 1 is 1.29 bits per heavy atom. The van der Waals surface area contributed by atoms with E-state index in [4.69, 9.17) is 5.26 Å². The van der Waals surface area contributed by atoms with Gasteiger partial charge in [-0.3, -0.25) is 4.79 Å². The summed E-state index contributed by atoms with van der Waals surface area (Å²) in [6, 6.07) is 10.3. The maximum Gasteiger partial charge on any atom is 0.251 e. The minimum absolute atomic E-state index is 0.224. The van der Waals surface area contributed by atoms with E-state index in [9.17, 15) is 4.79 Å². The van der Waals surface area contributed by atoms with E-state index in [1.54, 1.807) is 36.5 Å². The Kier molecular flexibility index (Phi) is 4.46. The summed E-state index contributed by atoms with van der Waals surface area (Å²) in [5.74, 6) is 1.11. The van der Waals surface area contributed by atoms with Crippen molar-refractivity contribution in [3.05, 3.63) is 53.5 Å². The van der Waals surface area contributed by atoms with Gasteiger partial charge in [-0.15, -0.1) is 0 Å². The first-order valence-corrected chi connectivity index (χ1v) is 6.38. The topological polar surface area (TPSA) is 81.9 Å². The number of anilines is 1. The smallest absolute Gasteiger partial charge is 0.251 e. The van der Waals surface area contributed by atoms with Gasteiger partial charge < -0.3 is 10.2 Å². The average molecular weight is 281 g/mol. The number of aromatic nitrogens is 2. The molecule has 0 aliphatic carbocycles. The maximum atomic E-state index is 12.0. The normalized spacial score (nSPS) is 9.76. The second-order valence-corrected chi connectivity index (χ2v) is 4.60. The van der Waals surface area contributed by atoms with Crippen molar-refractivity contribution < 1.29 is 4.79 Å². The molecule has 0 spiro atoms. The van der Waals surface area contributed by atoms with Gasteiger partial charge >= 0.3 is 0 Å². The number of rotatable bonds is 4. The fourth-order valence-electron chi connectivity index (χ4n) is 1.68. The van der Waals surface area contributed by atoms with Gasteiger partial charge in [-0.05, 0) is 30.3 Å². The Bertz CT molecular complexity index is 673. The van der Waals surface area contributed by atoms with E-state index in [-0.39, 0.29) is 12.5 Å². The first-order valence-electron chi connectivity index (χ1n) is 6.38. The zero-order chi connectivity index (χ0) is 15.2. The molecule has 0 atom stereocenters. The van der Waals surface area contributed by atoms with Gasteiger partial charge in [0, 0.05) is 25.9 Å². The molecule has 2 aromatic rings. The molecule has 1 N–H and O–H groups in total. The number of nitriles is 1. The standard InChI is InChI=1S/C15H15N5O/c1-20(2)14-7-8-17-13(19-14)10-18-15(21)12-5-3-11(9-16)4-6-12/h3-8H,10H2,1-2H3,(H,18,21). The Morgan fingerprint density at radius 2 is 2.00 bits per heavy atom. The lowest BCUT2D eigenvalue weighted by atomic mass is 10.1. The zero-order valence-electron chi connectivity index (χ0n) is 11.9. The van der Waals surface area contributed by atoms with Gasteiger partial charge in [-0.1, -0.05) is 0 Å². The van der Waals surface area contributed by atoms with Gasteiger partial charge in [0.25, 0.3) is 5.91 Å². The lowest BCUT2D eigenvalue weighted by molar-refractivity contribution is 0.0950. The summed E-state index contributed by atoms with van der Waals surface area (Å²) in [5, 5.41) is 11.5. The lowest BCUT2D eigenvalue weighted by Crippen LogP contribution is -2.24. The molecule has 6 nitrogen and oxygen atoms in total. The minimum atomic E-state index is -0.224. The molecule has 0 aliphatic rings. The van der Waals surface area contributed by atoms with Crippen LogP contribution in [-0.4, -0.2) is 30.0 Å². The van der Waals surface area contributed by atoms with Crippen LogP contribution in [0.4, 0.5) is 5.82 Å². The van der Waals surface area contributed by atoms with E-state index in [1.807, 2.05) is 25.1 Å². The molecule has 2 rings (SSSR count). The van der Waals surface area contributed by atoms with E-state index in [0.29, 0.717) is 17.0 Å². The monoisotopic (exact) mass is 281 g/mol. The second-order valence-electron chi connectivity index (χ2n) is 4.60. The van der Waals surface area contributed by atoms with Crippen LogP contribution in [0.5, 0.6) is 0 Å². The van der Waals surface area contributed by atoms with Crippen LogP contribution in [0.15, 0.2) is 36.5 Å². The highest BCUT2D eigenvalue weighted by molar-refractivity contribution is 5.94. The Morgan fingerprint density at radius 3 is 2.62 bits per heavy atom. The van der Waals surface area contributed by atoms with Gasteiger partial charge in [0.1, 0.15) is 11.6 Å². The van der Waals surface area contributed by atoms with Crippen molar-refractivity contribution in [2.45, 2.75) is 6.54 Å². The van der Waals surface area contributed by atoms with E-state index < -0.39 is 0 Å². The van der Waals surface area contributed by atoms with Crippen molar-refractivity contribution in [1.29, 1.82) is 5.26 Å². The highest BCUT2D eigenvalue weighted by Gasteiger charge is 2.07. The number of carbonyl (C=O) groups excluding carboxylic acids is 1. The molecule has 106 valence electrons. The molecule has 0 radical (unpaired) electrons. The van der Waals surface area contributed by atoms with Crippen molar-refractivity contribution in [3.8, 4) is 6.07 Å². The first-order chi connectivity index (χ1) is 10.1. The van der Waals surface area contributed by atoms with Crippen LogP contribution in [-0.2, 0) is 6.54 Å². The number of hydrogen-bond donors (Lipinski definition) is 1. The SMILES string of the molecule is CN(C)c1ccnc(CNC(=O)c2ccc(C#N)cc2)n1. The molecule has 0 saturated carbocycles. The van der Waals surface area contributed by atoms with E-state index in [2.05, 4.69) is 15.3 Å². The second kappa shape index (κ2) is 6.48. The highest BCUT2D eigenvalue weighted by atomic mass is 16.1. The summed E-state index contributed by atoms with van der Waals surface area (Å²) < 4.78 is 0. The summed E-state index contributed by atoms with van der Waals surface area (Å²) >= 11 is 0. The number of benzene rings is 1. The highest BCUT2D eigenvalue weighted by Crippen LogP contribution is 2.06. The number of hydrogen-bond acceptors (Lipinski definition) is 5. The summed E-state index contributed by atoms with van der Waals surface area (Å²) in [7, 11) is 3.78. The predicted molar refractivity (Wildman–Crippen MR) is 78.7 cm³/mol. The fourth-order valence-corrected chi connectivity index (χ4v) is 1.68. The van der Waals surface area contributed by atoms with E-state index in [1.165, 1.54) is 0 Å². The summed E-state index contributed by atoms with van der Waals surface area (Å²) in [4.78, 5) is 22.3. The number of nitrogens with one attached hydrogen (secondary N) is 1. The van der Waals surface area contributed by atoms with Gasteiger partial charge in [-0.25, -0.2) is 9.97 Å². The summed E-state index contributed by atoms with van der Waals surface area (Å²) in [6.45, 7) is 0.251. The average Bonchev–Trinajstić information content (AvgIpc) is 2.53. The Hall–Kier alpha value is -2.94. The fraction of sp³-hybridized carbons (Fsp3) is 0.200. The molecule has 1 heterocycles. The van der Waals surface area contributed by atoms with Crippen LogP contribution < -0.4 is 10.2 Å². The molecule has 0 fully saturated rings. The van der Waals surface area contributed by atoms with Crippen LogP contribution in [0.2, 0.25) is 0 Å². The molecular weight excluding hydrogens is 266 g/mol. The molecule has 21 heavy (non-hydrogen) atoms. The molecular formula is C15H15N5O. The molecule has 0 unspecified atom stereocenters. The number of nitrogens with zero attached hydrogens (tertiary/aromatic N) is 4. The van der Waals surface area contributed by atoms with Gasteiger partial charge in [0.05, 0.1) is 18.2 Å². The van der Waals surface area contributed by atoms with Crippen LogP contribution in [0.1, 0.15) is 21.7 Å². The van der Waals surface area contributed by atoms with Gasteiger partial charge in [0.15, 0.2) is 0 Å². The van der Waals surface area contributed by atoms with E-state index in [0.717, 1.165) is 5.82 Å². The molecule has 1 aromatic heterocycles. The molecule has 6 heteroatoms. The number of amides is 1. The molecule has 0 aliphatic heterocycles. The zero-order valence-corrected chi connectivity index (χ0v) is 11.9. The molecule has 0 saturated heterocycles. The van der Waals surface area contributed by atoms with Gasteiger partial charge in [0.2, 0.25) is 0 Å². The molecule has 0 bridgehead atoms. The maximum absolute atomic E-state index is 12.0. The quantitative estimate of drug-likeness (QED) is 0.914. The van der Waals surface area contributed by atoms with Crippen LogP contribution in [0, 0.1) is 11.3 Å². The number of carbonyl (C=O) groups is 1. The molecule has 1 amide bonds. The third-order valence-corrected chi connectivity index (χ3v) is 2.83. The van der Waals surface area contributed by atoms with E-state index >= 15 is 0 Å². The van der Waals surface area contributed by atoms with Crippen LogP contribution >= 0.6 is 0 Å². The third-order valence-electron chi connectivity index (χ3n) is 2.83. The Balaban J connectivity index is 2.00. The third kappa shape index (κ3) is 3.76. The lowest BCUT2D eigenvalue weighted by Gasteiger charge is -2.11. The predicted octanol–water partition coefficient (Wildman–Crippen LogP) is 1.34. The van der Waals surface area contributed by atoms with Crippen molar-refractivity contribution in [2.75, 3.05) is 19.0 Å². The Labute approximate surface area is 123 Å². The van der Waals surface area contributed by atoms with Crippen LogP contribution in [0.25, 0.3) is 0 Å². The minimum Gasteiger partial charge on any atom is -0.363 e. The summed E-state index contributed by atoms with van der Waals surface area (Å²) in [6.07, 6.45) is 1.66. The van der Waals surface area contributed by atoms with Gasteiger partial charge in [-0.2, -0.15) is 5.26 Å². The van der Waals surface area contributed by atoms with Crippen molar-refractivity contribution in [3.63, 3.8) is 0 Å². The molecule has 1 aromatic carbocycles.